The summed E-state index contributed by atoms with van der Waals surface area (Å²) in [4.78, 5) is 4.52. The van der Waals surface area contributed by atoms with Crippen LogP contribution in [0.2, 0.25) is 0 Å². The molecular formula is C26H27F2N3S. The number of anilines is 1. The van der Waals surface area contributed by atoms with Crippen molar-refractivity contribution in [3.05, 3.63) is 101 Å². The van der Waals surface area contributed by atoms with E-state index in [4.69, 9.17) is 12.2 Å². The summed E-state index contributed by atoms with van der Waals surface area (Å²) < 4.78 is 27.0. The first-order valence-electron chi connectivity index (χ1n) is 10.8. The van der Waals surface area contributed by atoms with Gasteiger partial charge in [-0.05, 0) is 84.7 Å². The van der Waals surface area contributed by atoms with Crippen molar-refractivity contribution in [2.45, 2.75) is 19.9 Å². The predicted molar refractivity (Wildman–Crippen MR) is 130 cm³/mol. The topological polar surface area (TPSA) is 18.5 Å². The molecule has 0 atom stereocenters. The molecule has 1 N–H and O–H groups in total. The van der Waals surface area contributed by atoms with Gasteiger partial charge in [0.25, 0.3) is 0 Å². The minimum atomic E-state index is -0.265. The van der Waals surface area contributed by atoms with Crippen molar-refractivity contribution in [1.29, 1.82) is 0 Å². The average molecular weight is 452 g/mol. The molecule has 3 nitrogen and oxygen atoms in total. The normalized spacial score (nSPS) is 14.6. The first-order valence-corrected chi connectivity index (χ1v) is 11.2. The maximum Gasteiger partial charge on any atom is 0.173 e. The van der Waals surface area contributed by atoms with Crippen LogP contribution < -0.4 is 5.32 Å². The molecule has 0 amide bonds. The van der Waals surface area contributed by atoms with Crippen molar-refractivity contribution in [3.63, 3.8) is 0 Å². The van der Waals surface area contributed by atoms with E-state index in [0.717, 1.165) is 43.0 Å². The third-order valence-electron chi connectivity index (χ3n) is 6.10. The molecule has 1 heterocycles. The fourth-order valence-electron chi connectivity index (χ4n) is 4.11. The van der Waals surface area contributed by atoms with Crippen LogP contribution in [-0.2, 0) is 0 Å². The summed E-state index contributed by atoms with van der Waals surface area (Å²) in [6, 6.07) is 19.3. The van der Waals surface area contributed by atoms with Crippen LogP contribution in [0.4, 0.5) is 14.5 Å². The van der Waals surface area contributed by atoms with E-state index < -0.39 is 0 Å². The second-order valence-corrected chi connectivity index (χ2v) is 8.64. The van der Waals surface area contributed by atoms with Gasteiger partial charge in [-0.25, -0.2) is 8.78 Å². The molecule has 3 aromatic rings. The SMILES string of the molecule is Cc1ccc(NC(=S)N2CCN(C(c3ccc(F)cc3)c3ccc(F)cc3)CC2)cc1C. The molecule has 0 spiro atoms. The number of nitrogens with one attached hydrogen (secondary N) is 1. The summed E-state index contributed by atoms with van der Waals surface area (Å²) in [6.45, 7) is 7.30. The van der Waals surface area contributed by atoms with E-state index in [1.165, 1.54) is 35.4 Å². The number of rotatable bonds is 4. The highest BCUT2D eigenvalue weighted by molar-refractivity contribution is 7.80. The molecule has 4 rings (SSSR count). The Morgan fingerprint density at radius 1 is 0.781 bits per heavy atom. The maximum absolute atomic E-state index is 13.5. The number of hydrogen-bond acceptors (Lipinski definition) is 2. The van der Waals surface area contributed by atoms with Crippen molar-refractivity contribution < 1.29 is 8.78 Å². The lowest BCUT2D eigenvalue weighted by atomic mass is 9.96. The summed E-state index contributed by atoms with van der Waals surface area (Å²) >= 11 is 5.66. The van der Waals surface area contributed by atoms with Gasteiger partial charge in [0.1, 0.15) is 11.6 Å². The van der Waals surface area contributed by atoms with Crippen molar-refractivity contribution in [3.8, 4) is 0 Å². The Labute approximate surface area is 193 Å². The molecule has 0 bridgehead atoms. The quantitative estimate of drug-likeness (QED) is 0.514. The number of piperazine rings is 1. The highest BCUT2D eigenvalue weighted by atomic mass is 32.1. The van der Waals surface area contributed by atoms with Crippen LogP contribution in [-0.4, -0.2) is 41.1 Å². The van der Waals surface area contributed by atoms with Gasteiger partial charge in [-0.3, -0.25) is 4.90 Å². The van der Waals surface area contributed by atoms with Gasteiger partial charge in [0.15, 0.2) is 5.11 Å². The van der Waals surface area contributed by atoms with Gasteiger partial charge in [-0.2, -0.15) is 0 Å². The van der Waals surface area contributed by atoms with Gasteiger partial charge < -0.3 is 10.2 Å². The lowest BCUT2D eigenvalue weighted by Gasteiger charge is -2.40. The van der Waals surface area contributed by atoms with Crippen molar-refractivity contribution in [2.24, 2.45) is 0 Å². The average Bonchev–Trinajstić information content (AvgIpc) is 2.79. The fourth-order valence-corrected chi connectivity index (χ4v) is 4.41. The molecule has 0 radical (unpaired) electrons. The van der Waals surface area contributed by atoms with E-state index in [-0.39, 0.29) is 17.7 Å². The minimum absolute atomic E-state index is 0.0698. The molecule has 0 unspecified atom stereocenters. The second-order valence-electron chi connectivity index (χ2n) is 8.26. The van der Waals surface area contributed by atoms with Crippen molar-refractivity contribution in [1.82, 2.24) is 9.80 Å². The van der Waals surface area contributed by atoms with Crippen LogP contribution in [0.5, 0.6) is 0 Å². The molecule has 1 aliphatic heterocycles. The molecule has 1 aliphatic rings. The van der Waals surface area contributed by atoms with Crippen LogP contribution in [0.3, 0.4) is 0 Å². The van der Waals surface area contributed by atoms with Crippen LogP contribution >= 0.6 is 12.2 Å². The van der Waals surface area contributed by atoms with E-state index in [9.17, 15) is 8.78 Å². The Kier molecular flexibility index (Phi) is 6.82. The summed E-state index contributed by atoms with van der Waals surface area (Å²) in [5.74, 6) is -0.529. The minimum Gasteiger partial charge on any atom is -0.346 e. The summed E-state index contributed by atoms with van der Waals surface area (Å²) in [6.07, 6.45) is 0. The molecule has 32 heavy (non-hydrogen) atoms. The zero-order valence-electron chi connectivity index (χ0n) is 18.3. The number of hydrogen-bond donors (Lipinski definition) is 1. The second kappa shape index (κ2) is 9.76. The van der Waals surface area contributed by atoms with Gasteiger partial charge in [-0.15, -0.1) is 0 Å². The Hall–Kier alpha value is -2.83. The van der Waals surface area contributed by atoms with Crippen LogP contribution in [0.15, 0.2) is 66.7 Å². The molecule has 166 valence electrons. The van der Waals surface area contributed by atoms with Gasteiger partial charge >= 0.3 is 0 Å². The fraction of sp³-hybridized carbons (Fsp3) is 0.269. The maximum atomic E-state index is 13.5. The lowest BCUT2D eigenvalue weighted by Crippen LogP contribution is -2.51. The van der Waals surface area contributed by atoms with Crippen molar-refractivity contribution >= 4 is 23.0 Å². The first kappa shape index (κ1) is 22.4. The summed E-state index contributed by atoms with van der Waals surface area (Å²) in [5.41, 5.74) is 5.45. The first-order chi connectivity index (χ1) is 15.4. The number of benzene rings is 3. The molecule has 1 saturated heterocycles. The molecule has 0 saturated carbocycles. The Morgan fingerprint density at radius 3 is 1.81 bits per heavy atom. The Bertz CT molecular complexity index is 1030. The third-order valence-corrected chi connectivity index (χ3v) is 6.46. The smallest absolute Gasteiger partial charge is 0.173 e. The van der Waals surface area contributed by atoms with E-state index in [1.54, 1.807) is 0 Å². The molecule has 0 aromatic heterocycles. The number of halogens is 2. The summed E-state index contributed by atoms with van der Waals surface area (Å²) in [5, 5.41) is 4.07. The van der Waals surface area contributed by atoms with E-state index in [0.29, 0.717) is 5.11 Å². The largest absolute Gasteiger partial charge is 0.346 e. The van der Waals surface area contributed by atoms with E-state index in [1.807, 2.05) is 30.3 Å². The molecular weight excluding hydrogens is 424 g/mol. The van der Waals surface area contributed by atoms with E-state index in [2.05, 4.69) is 41.1 Å². The summed E-state index contributed by atoms with van der Waals surface area (Å²) in [7, 11) is 0. The zero-order valence-corrected chi connectivity index (χ0v) is 19.1. The number of nitrogens with zero attached hydrogens (tertiary/aromatic N) is 2. The van der Waals surface area contributed by atoms with Gasteiger partial charge in [0.2, 0.25) is 0 Å². The molecule has 0 aliphatic carbocycles. The van der Waals surface area contributed by atoms with Gasteiger partial charge in [0, 0.05) is 31.9 Å². The molecule has 3 aromatic carbocycles. The number of aryl methyl sites for hydroxylation is 2. The standard InChI is InChI=1S/C26H27F2N3S/c1-18-3-12-24(17-19(18)2)29-26(32)31-15-13-30(14-16-31)25(20-4-8-22(27)9-5-20)21-6-10-23(28)11-7-21/h3-12,17,25H,13-16H2,1-2H3,(H,29,32). The Balaban J connectivity index is 1.47. The monoisotopic (exact) mass is 451 g/mol. The predicted octanol–water partition coefficient (Wildman–Crippen LogP) is 5.69. The van der Waals surface area contributed by atoms with Crippen LogP contribution in [0.1, 0.15) is 28.3 Å². The van der Waals surface area contributed by atoms with E-state index >= 15 is 0 Å². The molecule has 6 heteroatoms. The van der Waals surface area contributed by atoms with Crippen molar-refractivity contribution in [2.75, 3.05) is 31.5 Å². The van der Waals surface area contributed by atoms with Gasteiger partial charge in [0.05, 0.1) is 6.04 Å². The lowest BCUT2D eigenvalue weighted by molar-refractivity contribution is 0.151. The molecule has 1 fully saturated rings. The highest BCUT2D eigenvalue weighted by Crippen LogP contribution is 2.30. The zero-order chi connectivity index (χ0) is 22.7. The van der Waals surface area contributed by atoms with Crippen LogP contribution in [0, 0.1) is 25.5 Å². The third kappa shape index (κ3) is 5.14. The van der Waals surface area contributed by atoms with Gasteiger partial charge in [-0.1, -0.05) is 30.3 Å². The van der Waals surface area contributed by atoms with Crippen LogP contribution in [0.25, 0.3) is 0 Å². The number of thiocarbonyl (C=S) groups is 1. The Morgan fingerprint density at radius 2 is 1.31 bits per heavy atom. The highest BCUT2D eigenvalue weighted by Gasteiger charge is 2.27.